The summed E-state index contributed by atoms with van der Waals surface area (Å²) in [7, 11) is -3.59. The molecular formula is C16H21N3O3S. The van der Waals surface area contributed by atoms with Crippen LogP contribution >= 0.6 is 0 Å². The highest BCUT2D eigenvalue weighted by Gasteiger charge is 2.32. The van der Waals surface area contributed by atoms with Crippen molar-refractivity contribution in [3.05, 3.63) is 42.2 Å². The van der Waals surface area contributed by atoms with Gasteiger partial charge in [-0.15, -0.1) is 0 Å². The van der Waals surface area contributed by atoms with Gasteiger partial charge in [-0.3, -0.25) is 4.68 Å². The van der Waals surface area contributed by atoms with Gasteiger partial charge in [0.05, 0.1) is 6.20 Å². The standard InChI is InChI=1S/C16H21N3O3S/c1-2-18-12-16(9-17-18)23(21,22)19(10-13-6-7-13)11-14-4-3-5-15(20)8-14/h3-5,8-9,12-13,20H,2,6-7,10-11H2,1H3. The lowest BCUT2D eigenvalue weighted by Crippen LogP contribution is -2.32. The van der Waals surface area contributed by atoms with Crippen LogP contribution in [0.1, 0.15) is 25.3 Å². The molecule has 0 radical (unpaired) electrons. The van der Waals surface area contributed by atoms with Gasteiger partial charge in [-0.1, -0.05) is 12.1 Å². The van der Waals surface area contributed by atoms with Gasteiger partial charge >= 0.3 is 0 Å². The molecule has 1 aliphatic rings. The van der Waals surface area contributed by atoms with Gasteiger partial charge in [0.15, 0.2) is 0 Å². The van der Waals surface area contributed by atoms with Crippen molar-refractivity contribution in [1.29, 1.82) is 0 Å². The van der Waals surface area contributed by atoms with Crippen LogP contribution in [0.25, 0.3) is 0 Å². The first kappa shape index (κ1) is 16.0. The Hall–Kier alpha value is -1.86. The highest BCUT2D eigenvalue weighted by Crippen LogP contribution is 2.32. The van der Waals surface area contributed by atoms with Gasteiger partial charge in [0.25, 0.3) is 0 Å². The molecule has 0 atom stereocenters. The van der Waals surface area contributed by atoms with Crippen LogP contribution in [0.3, 0.4) is 0 Å². The molecule has 1 fully saturated rings. The fourth-order valence-corrected chi connectivity index (χ4v) is 3.95. The molecule has 0 bridgehead atoms. The monoisotopic (exact) mass is 335 g/mol. The van der Waals surface area contributed by atoms with Crippen LogP contribution < -0.4 is 0 Å². The molecule has 23 heavy (non-hydrogen) atoms. The van der Waals surface area contributed by atoms with Crippen LogP contribution in [0.5, 0.6) is 5.75 Å². The summed E-state index contributed by atoms with van der Waals surface area (Å²) in [5.41, 5.74) is 0.775. The SMILES string of the molecule is CCn1cc(S(=O)(=O)N(Cc2cccc(O)c2)CC2CC2)cn1. The third kappa shape index (κ3) is 3.73. The number of phenolic OH excluding ortho intramolecular Hbond substituents is 1. The van der Waals surface area contributed by atoms with Crippen LogP contribution in [-0.4, -0.2) is 34.2 Å². The molecule has 6 nitrogen and oxygen atoms in total. The Bertz CT molecular complexity index is 781. The molecule has 1 N–H and O–H groups in total. The highest BCUT2D eigenvalue weighted by molar-refractivity contribution is 7.89. The van der Waals surface area contributed by atoms with E-state index in [1.807, 2.05) is 13.0 Å². The normalized spacial score (nSPS) is 15.2. The largest absolute Gasteiger partial charge is 0.508 e. The Labute approximate surface area is 136 Å². The fraction of sp³-hybridized carbons (Fsp3) is 0.438. The molecular weight excluding hydrogens is 314 g/mol. The van der Waals surface area contributed by atoms with Crippen molar-refractivity contribution in [1.82, 2.24) is 14.1 Å². The number of nitrogens with zero attached hydrogens (tertiary/aromatic N) is 3. The summed E-state index contributed by atoms with van der Waals surface area (Å²) in [6.07, 6.45) is 5.11. The first-order valence-electron chi connectivity index (χ1n) is 7.79. The maximum atomic E-state index is 12.9. The topological polar surface area (TPSA) is 75.4 Å². The van der Waals surface area contributed by atoms with E-state index in [2.05, 4.69) is 5.10 Å². The smallest absolute Gasteiger partial charge is 0.246 e. The van der Waals surface area contributed by atoms with Crippen LogP contribution in [0.15, 0.2) is 41.6 Å². The summed E-state index contributed by atoms with van der Waals surface area (Å²) < 4.78 is 29.0. The molecule has 0 saturated heterocycles. The zero-order valence-corrected chi connectivity index (χ0v) is 13.9. The molecule has 1 aromatic heterocycles. The lowest BCUT2D eigenvalue weighted by Gasteiger charge is -2.21. The van der Waals surface area contributed by atoms with Crippen molar-refractivity contribution in [3.63, 3.8) is 0 Å². The fourth-order valence-electron chi connectivity index (χ4n) is 2.49. The second kappa shape index (κ2) is 6.33. The van der Waals surface area contributed by atoms with E-state index in [0.717, 1.165) is 18.4 Å². The Morgan fingerprint density at radius 2 is 2.17 bits per heavy atom. The molecule has 3 rings (SSSR count). The Kier molecular flexibility index (Phi) is 4.41. The van der Waals surface area contributed by atoms with Gasteiger partial charge in [0, 0.05) is 25.8 Å². The van der Waals surface area contributed by atoms with Crippen LogP contribution in [0.2, 0.25) is 0 Å². The summed E-state index contributed by atoms with van der Waals surface area (Å²) >= 11 is 0. The molecule has 2 aromatic rings. The number of benzene rings is 1. The molecule has 124 valence electrons. The maximum absolute atomic E-state index is 12.9. The first-order chi connectivity index (χ1) is 11.0. The molecule has 0 amide bonds. The minimum atomic E-state index is -3.59. The predicted molar refractivity (Wildman–Crippen MR) is 86.3 cm³/mol. The first-order valence-corrected chi connectivity index (χ1v) is 9.23. The molecule has 0 unspecified atom stereocenters. The summed E-state index contributed by atoms with van der Waals surface area (Å²) in [6.45, 7) is 3.31. The van der Waals surface area contributed by atoms with E-state index in [0.29, 0.717) is 19.0 Å². The van der Waals surface area contributed by atoms with Crippen LogP contribution in [0.4, 0.5) is 0 Å². The third-order valence-electron chi connectivity index (χ3n) is 4.00. The lowest BCUT2D eigenvalue weighted by molar-refractivity contribution is 0.389. The highest BCUT2D eigenvalue weighted by atomic mass is 32.2. The van der Waals surface area contributed by atoms with Crippen molar-refractivity contribution in [3.8, 4) is 5.75 Å². The summed E-state index contributed by atoms with van der Waals surface area (Å²) in [5.74, 6) is 0.577. The third-order valence-corrected chi connectivity index (χ3v) is 5.76. The minimum Gasteiger partial charge on any atom is -0.508 e. The zero-order chi connectivity index (χ0) is 16.4. The van der Waals surface area contributed by atoms with Crippen LogP contribution in [0, 0.1) is 5.92 Å². The van der Waals surface area contributed by atoms with E-state index in [9.17, 15) is 13.5 Å². The molecule has 1 aromatic carbocycles. The number of hydrogen-bond donors (Lipinski definition) is 1. The Morgan fingerprint density at radius 1 is 1.39 bits per heavy atom. The average molecular weight is 335 g/mol. The summed E-state index contributed by atoms with van der Waals surface area (Å²) in [5, 5.41) is 13.7. The lowest BCUT2D eigenvalue weighted by atomic mass is 10.2. The van der Waals surface area contributed by atoms with Gasteiger partial charge in [-0.2, -0.15) is 9.40 Å². The van der Waals surface area contributed by atoms with Crippen LogP contribution in [-0.2, 0) is 23.1 Å². The van der Waals surface area contributed by atoms with E-state index in [1.54, 1.807) is 29.1 Å². The van der Waals surface area contributed by atoms with E-state index in [4.69, 9.17) is 0 Å². The van der Waals surface area contributed by atoms with E-state index >= 15 is 0 Å². The Balaban J connectivity index is 1.87. The van der Waals surface area contributed by atoms with Gasteiger partial charge in [-0.05, 0) is 43.4 Å². The minimum absolute atomic E-state index is 0.144. The van der Waals surface area contributed by atoms with Crippen molar-refractivity contribution in [2.45, 2.75) is 37.8 Å². The quantitative estimate of drug-likeness (QED) is 0.842. The molecule has 0 aliphatic heterocycles. The van der Waals surface area contributed by atoms with Crippen molar-refractivity contribution < 1.29 is 13.5 Å². The second-order valence-corrected chi connectivity index (χ2v) is 7.88. The van der Waals surface area contributed by atoms with Gasteiger partial charge in [0.2, 0.25) is 10.0 Å². The van der Waals surface area contributed by atoms with Crippen molar-refractivity contribution in [2.24, 2.45) is 5.92 Å². The predicted octanol–water partition coefficient (Wildman–Crippen LogP) is 2.21. The van der Waals surface area contributed by atoms with Crippen molar-refractivity contribution >= 4 is 10.0 Å². The average Bonchev–Trinajstić information content (AvgIpc) is 3.19. The number of aryl methyl sites for hydroxylation is 1. The van der Waals surface area contributed by atoms with Gasteiger partial charge in [0.1, 0.15) is 10.6 Å². The maximum Gasteiger partial charge on any atom is 0.246 e. The molecule has 1 aliphatic carbocycles. The number of aromatic nitrogens is 2. The number of sulfonamides is 1. The summed E-state index contributed by atoms with van der Waals surface area (Å²) in [6, 6.07) is 6.73. The van der Waals surface area contributed by atoms with E-state index in [1.165, 1.54) is 10.5 Å². The van der Waals surface area contributed by atoms with Crippen molar-refractivity contribution in [2.75, 3.05) is 6.54 Å². The Morgan fingerprint density at radius 3 is 2.78 bits per heavy atom. The number of rotatable bonds is 7. The number of phenols is 1. The van der Waals surface area contributed by atoms with E-state index < -0.39 is 10.0 Å². The number of hydrogen-bond acceptors (Lipinski definition) is 4. The summed E-state index contributed by atoms with van der Waals surface area (Å²) in [4.78, 5) is 0.222. The zero-order valence-electron chi connectivity index (χ0n) is 13.1. The van der Waals surface area contributed by atoms with Gasteiger partial charge in [-0.25, -0.2) is 8.42 Å². The van der Waals surface area contributed by atoms with E-state index in [-0.39, 0.29) is 17.2 Å². The molecule has 7 heteroatoms. The number of aromatic hydroxyl groups is 1. The van der Waals surface area contributed by atoms with Gasteiger partial charge < -0.3 is 5.11 Å². The molecule has 1 heterocycles. The molecule has 1 saturated carbocycles. The molecule has 0 spiro atoms. The second-order valence-electron chi connectivity index (χ2n) is 5.94.